The number of esters is 1. The van der Waals surface area contributed by atoms with Crippen LogP contribution in [0.5, 0.6) is 0 Å². The topological polar surface area (TPSA) is 26.3 Å². The molecule has 15 heavy (non-hydrogen) atoms. The molecule has 2 heteroatoms. The van der Waals surface area contributed by atoms with Crippen LogP contribution in [0.1, 0.15) is 60.3 Å². The fourth-order valence-corrected chi connectivity index (χ4v) is 1.09. The summed E-state index contributed by atoms with van der Waals surface area (Å²) < 4.78 is 4.46. The largest absolute Gasteiger partial charge is 0.469 e. The Labute approximate surface area is 95.4 Å². The summed E-state index contributed by atoms with van der Waals surface area (Å²) in [5, 5.41) is 0. The molecule has 0 spiro atoms. The summed E-state index contributed by atoms with van der Waals surface area (Å²) in [6.07, 6.45) is 4.18. The van der Waals surface area contributed by atoms with Crippen molar-refractivity contribution >= 4 is 5.97 Å². The molecule has 0 saturated carbocycles. The Balaban J connectivity index is 0. The smallest absolute Gasteiger partial charge is 0.305 e. The molecule has 0 radical (unpaired) electrons. The van der Waals surface area contributed by atoms with Gasteiger partial charge in [-0.1, -0.05) is 47.5 Å². The number of carbonyl (C=O) groups is 1. The lowest BCUT2D eigenvalue weighted by molar-refractivity contribution is -0.140. The van der Waals surface area contributed by atoms with Crippen LogP contribution in [0, 0.1) is 11.8 Å². The van der Waals surface area contributed by atoms with E-state index in [1.807, 2.05) is 0 Å². The van der Waals surface area contributed by atoms with Gasteiger partial charge in [-0.25, -0.2) is 0 Å². The Kier molecular flexibility index (Phi) is 13.0. The van der Waals surface area contributed by atoms with E-state index in [0.717, 1.165) is 12.3 Å². The molecular formula is C13H28O2. The molecule has 92 valence electrons. The van der Waals surface area contributed by atoms with Crippen LogP contribution in [0.3, 0.4) is 0 Å². The van der Waals surface area contributed by atoms with Crippen LogP contribution in [0.25, 0.3) is 0 Å². The first kappa shape index (κ1) is 16.9. The summed E-state index contributed by atoms with van der Waals surface area (Å²) in [7, 11) is 1.42. The lowest BCUT2D eigenvalue weighted by Crippen LogP contribution is -2.01. The maximum Gasteiger partial charge on any atom is 0.305 e. The van der Waals surface area contributed by atoms with Crippen molar-refractivity contribution in [2.45, 2.75) is 60.3 Å². The van der Waals surface area contributed by atoms with Crippen LogP contribution in [0.2, 0.25) is 0 Å². The fourth-order valence-electron chi connectivity index (χ4n) is 1.09. The standard InChI is InChI=1S/C7H14O2.C6H14/c1-6(2)4-5-7(8)9-3;1-4-5-6(2)3/h6H,4-5H2,1-3H3;6H,4-5H2,1-3H3. The molecule has 0 rings (SSSR count). The highest BCUT2D eigenvalue weighted by atomic mass is 16.5. The highest BCUT2D eigenvalue weighted by molar-refractivity contribution is 5.68. The molecule has 0 atom stereocenters. The van der Waals surface area contributed by atoms with Crippen molar-refractivity contribution in [1.29, 1.82) is 0 Å². The molecule has 0 saturated heterocycles. The second-order valence-electron chi connectivity index (χ2n) is 4.69. The molecule has 0 bridgehead atoms. The summed E-state index contributed by atoms with van der Waals surface area (Å²) in [5.41, 5.74) is 0. The van der Waals surface area contributed by atoms with Gasteiger partial charge in [-0.2, -0.15) is 0 Å². The zero-order valence-corrected chi connectivity index (χ0v) is 11.3. The van der Waals surface area contributed by atoms with Gasteiger partial charge in [0.05, 0.1) is 7.11 Å². The van der Waals surface area contributed by atoms with Gasteiger partial charge in [-0.15, -0.1) is 0 Å². The number of ether oxygens (including phenoxy) is 1. The van der Waals surface area contributed by atoms with Crippen molar-refractivity contribution in [3.05, 3.63) is 0 Å². The summed E-state index contributed by atoms with van der Waals surface area (Å²) in [4.78, 5) is 10.5. The highest BCUT2D eigenvalue weighted by Gasteiger charge is 2.00. The van der Waals surface area contributed by atoms with Crippen molar-refractivity contribution < 1.29 is 9.53 Å². The van der Waals surface area contributed by atoms with E-state index in [2.05, 4.69) is 39.4 Å². The van der Waals surface area contributed by atoms with Crippen molar-refractivity contribution in [1.82, 2.24) is 0 Å². The minimum atomic E-state index is -0.108. The molecule has 0 heterocycles. The van der Waals surface area contributed by atoms with Crippen LogP contribution in [0.15, 0.2) is 0 Å². The molecule has 0 aliphatic carbocycles. The second-order valence-corrected chi connectivity index (χ2v) is 4.69. The van der Waals surface area contributed by atoms with Gasteiger partial charge < -0.3 is 4.74 Å². The Hall–Kier alpha value is -0.530. The van der Waals surface area contributed by atoms with Gasteiger partial charge in [-0.05, 0) is 18.3 Å². The molecule has 2 nitrogen and oxygen atoms in total. The van der Waals surface area contributed by atoms with Gasteiger partial charge in [0.2, 0.25) is 0 Å². The van der Waals surface area contributed by atoms with Gasteiger partial charge in [-0.3, -0.25) is 4.79 Å². The van der Waals surface area contributed by atoms with E-state index in [1.54, 1.807) is 0 Å². The molecule has 0 unspecified atom stereocenters. The van der Waals surface area contributed by atoms with Crippen molar-refractivity contribution in [2.75, 3.05) is 7.11 Å². The van der Waals surface area contributed by atoms with Crippen molar-refractivity contribution in [3.8, 4) is 0 Å². The first-order chi connectivity index (χ1) is 6.93. The molecule has 0 aromatic rings. The normalized spacial score (nSPS) is 9.87. The molecule has 0 aromatic carbocycles. The molecule has 0 aliphatic heterocycles. The molecule has 0 aliphatic rings. The number of carbonyl (C=O) groups excluding carboxylic acids is 1. The maximum absolute atomic E-state index is 10.5. The SMILES string of the molecule is CCCC(C)C.COC(=O)CCC(C)C. The molecule has 0 N–H and O–H groups in total. The zero-order chi connectivity index (χ0) is 12.3. The van der Waals surface area contributed by atoms with E-state index < -0.39 is 0 Å². The summed E-state index contributed by atoms with van der Waals surface area (Å²) in [5.74, 6) is 1.38. The molecular weight excluding hydrogens is 188 g/mol. The van der Waals surface area contributed by atoms with Gasteiger partial charge in [0.25, 0.3) is 0 Å². The first-order valence-corrected chi connectivity index (χ1v) is 6.00. The lowest BCUT2D eigenvalue weighted by atomic mass is 10.1. The Morgan fingerprint density at radius 2 is 1.53 bits per heavy atom. The quantitative estimate of drug-likeness (QED) is 0.648. The molecule has 0 aromatic heterocycles. The van der Waals surface area contributed by atoms with Crippen LogP contribution < -0.4 is 0 Å². The van der Waals surface area contributed by atoms with Gasteiger partial charge in [0.15, 0.2) is 0 Å². The Morgan fingerprint density at radius 1 is 1.07 bits per heavy atom. The number of rotatable bonds is 5. The van der Waals surface area contributed by atoms with Crippen LogP contribution in [-0.2, 0) is 9.53 Å². The van der Waals surface area contributed by atoms with Gasteiger partial charge in [0.1, 0.15) is 0 Å². The average molecular weight is 216 g/mol. The number of hydrogen-bond acceptors (Lipinski definition) is 2. The first-order valence-electron chi connectivity index (χ1n) is 6.00. The third-order valence-electron chi connectivity index (χ3n) is 2.02. The summed E-state index contributed by atoms with van der Waals surface area (Å²) >= 11 is 0. The van der Waals surface area contributed by atoms with Crippen LogP contribution in [0.4, 0.5) is 0 Å². The van der Waals surface area contributed by atoms with E-state index in [4.69, 9.17) is 0 Å². The van der Waals surface area contributed by atoms with Crippen molar-refractivity contribution in [2.24, 2.45) is 11.8 Å². The van der Waals surface area contributed by atoms with E-state index in [1.165, 1.54) is 20.0 Å². The van der Waals surface area contributed by atoms with Crippen molar-refractivity contribution in [3.63, 3.8) is 0 Å². The third kappa shape index (κ3) is 19.8. The average Bonchev–Trinajstić information content (AvgIpc) is 2.14. The summed E-state index contributed by atoms with van der Waals surface area (Å²) in [6, 6.07) is 0. The predicted molar refractivity (Wildman–Crippen MR) is 65.8 cm³/mol. The molecule has 0 fully saturated rings. The van der Waals surface area contributed by atoms with Crippen LogP contribution in [-0.4, -0.2) is 13.1 Å². The second kappa shape index (κ2) is 11.5. The zero-order valence-electron chi connectivity index (χ0n) is 11.3. The fraction of sp³-hybridized carbons (Fsp3) is 0.923. The highest BCUT2D eigenvalue weighted by Crippen LogP contribution is 2.03. The van der Waals surface area contributed by atoms with Gasteiger partial charge in [0, 0.05) is 6.42 Å². The third-order valence-corrected chi connectivity index (χ3v) is 2.02. The van der Waals surface area contributed by atoms with E-state index in [9.17, 15) is 4.79 Å². The minimum absolute atomic E-state index is 0.108. The minimum Gasteiger partial charge on any atom is -0.469 e. The summed E-state index contributed by atoms with van der Waals surface area (Å²) in [6.45, 7) is 10.9. The number of hydrogen-bond donors (Lipinski definition) is 0. The number of methoxy groups -OCH3 is 1. The van der Waals surface area contributed by atoms with E-state index in [-0.39, 0.29) is 5.97 Å². The van der Waals surface area contributed by atoms with Gasteiger partial charge >= 0.3 is 5.97 Å². The van der Waals surface area contributed by atoms with E-state index >= 15 is 0 Å². The van der Waals surface area contributed by atoms with Crippen LogP contribution >= 0.6 is 0 Å². The monoisotopic (exact) mass is 216 g/mol. The lowest BCUT2D eigenvalue weighted by Gasteiger charge is -2.00. The molecule has 0 amide bonds. The Bertz CT molecular complexity index is 139. The predicted octanol–water partition coefficient (Wildman–Crippen LogP) is 4.04. The van der Waals surface area contributed by atoms with E-state index in [0.29, 0.717) is 12.3 Å². The Morgan fingerprint density at radius 3 is 1.73 bits per heavy atom. The maximum atomic E-state index is 10.5.